The zero-order chi connectivity index (χ0) is 36.5. The summed E-state index contributed by atoms with van der Waals surface area (Å²) in [5, 5.41) is 7.25. The minimum Gasteiger partial charge on any atom is -0.497 e. The van der Waals surface area contributed by atoms with Gasteiger partial charge in [-0.15, -0.1) is 6.58 Å². The molecular weight excluding hydrogens is 658 g/mol. The maximum absolute atomic E-state index is 14.2. The zero-order valence-electron chi connectivity index (χ0n) is 29.0. The Hall–Kier alpha value is -4.34. The first-order valence-electron chi connectivity index (χ1n) is 16.1. The van der Waals surface area contributed by atoms with Crippen molar-refractivity contribution in [2.45, 2.75) is 102 Å². The number of hydrogen-bond donors (Lipinski definition) is 4. The molecule has 2 unspecified atom stereocenters. The number of sulfonamides is 1. The summed E-state index contributed by atoms with van der Waals surface area (Å²) >= 11 is 0. The molecule has 1 aromatic rings. The Kier molecular flexibility index (Phi) is 10.6. The monoisotopic (exact) mass is 705 g/mol. The minimum absolute atomic E-state index is 0.101. The van der Waals surface area contributed by atoms with Crippen LogP contribution in [0.2, 0.25) is 0 Å². The van der Waals surface area contributed by atoms with E-state index in [9.17, 15) is 32.4 Å². The van der Waals surface area contributed by atoms with Crippen LogP contribution in [0.5, 0.6) is 5.75 Å². The highest BCUT2D eigenvalue weighted by atomic mass is 32.2. The van der Waals surface area contributed by atoms with Gasteiger partial charge in [0.25, 0.3) is 5.91 Å². The van der Waals surface area contributed by atoms with E-state index in [0.29, 0.717) is 24.3 Å². The SMILES string of the molecule is C=CC1CC1(NC(=O)[C@@H]1C[C@@H](OC(=O)Nc2ccc(OC)cc2)CN1C(=O)[C@@H](NC(=O)OC(C)(C)C)C(C)(C)C)C(=O)NS(=O)(=O)C1CC1. The fraction of sp³-hybridized carbons (Fsp3) is 0.606. The first kappa shape index (κ1) is 37.5. The Balaban J connectivity index is 1.58. The van der Waals surface area contributed by atoms with Crippen molar-refractivity contribution in [3.05, 3.63) is 36.9 Å². The predicted octanol–water partition coefficient (Wildman–Crippen LogP) is 2.82. The smallest absolute Gasteiger partial charge is 0.411 e. The number of ether oxygens (including phenoxy) is 3. The summed E-state index contributed by atoms with van der Waals surface area (Å²) in [5.74, 6) is -2.28. The van der Waals surface area contributed by atoms with Crippen molar-refractivity contribution in [3.63, 3.8) is 0 Å². The van der Waals surface area contributed by atoms with E-state index >= 15 is 0 Å². The van der Waals surface area contributed by atoms with Gasteiger partial charge in [-0.3, -0.25) is 24.4 Å². The van der Waals surface area contributed by atoms with E-state index in [-0.39, 0.29) is 19.4 Å². The molecule has 1 heterocycles. The molecule has 0 aromatic heterocycles. The number of methoxy groups -OCH3 is 1. The standard InChI is InChI=1S/C33H47N5O10S/c1-9-19-17-33(19,28(41)37-49(44,45)23-14-15-23)36-26(39)24-16-22(47-29(42)34-20-10-12-21(46-8)13-11-20)18-38(24)27(40)25(31(2,3)4)35-30(43)48-32(5,6)7/h9-13,19,22-25H,1,14-18H2,2-8H3,(H,34,42)(H,35,43)(H,36,39)(H,37,41)/t19?,22-,24+,25-,33?/m1/s1. The Morgan fingerprint density at radius 1 is 1.02 bits per heavy atom. The highest BCUT2D eigenvalue weighted by Crippen LogP contribution is 2.45. The zero-order valence-corrected chi connectivity index (χ0v) is 29.8. The van der Waals surface area contributed by atoms with Crippen LogP contribution in [0.25, 0.3) is 0 Å². The van der Waals surface area contributed by atoms with Crippen molar-refractivity contribution in [1.82, 2.24) is 20.3 Å². The van der Waals surface area contributed by atoms with E-state index in [0.717, 1.165) is 0 Å². The molecule has 0 radical (unpaired) electrons. The molecule has 16 heteroatoms. The van der Waals surface area contributed by atoms with Crippen LogP contribution < -0.4 is 25.4 Å². The Morgan fingerprint density at radius 2 is 1.65 bits per heavy atom. The van der Waals surface area contributed by atoms with E-state index in [1.807, 2.05) is 0 Å². The number of alkyl carbamates (subject to hydrolysis) is 1. The van der Waals surface area contributed by atoms with Gasteiger partial charge in [-0.1, -0.05) is 26.8 Å². The highest BCUT2D eigenvalue weighted by Gasteiger charge is 2.62. The maximum Gasteiger partial charge on any atom is 0.411 e. The lowest BCUT2D eigenvalue weighted by Crippen LogP contribution is -2.60. The predicted molar refractivity (Wildman–Crippen MR) is 179 cm³/mol. The van der Waals surface area contributed by atoms with Gasteiger partial charge in [-0.05, 0) is 69.7 Å². The van der Waals surface area contributed by atoms with Gasteiger partial charge in [0.05, 0.1) is 18.9 Å². The Morgan fingerprint density at radius 3 is 2.16 bits per heavy atom. The number of nitrogens with zero attached hydrogens (tertiary/aromatic N) is 1. The Bertz CT molecular complexity index is 1580. The molecule has 15 nitrogen and oxygen atoms in total. The summed E-state index contributed by atoms with van der Waals surface area (Å²) in [6.45, 7) is 13.7. The lowest BCUT2D eigenvalue weighted by atomic mass is 9.85. The molecular formula is C33H47N5O10S. The van der Waals surface area contributed by atoms with Gasteiger partial charge in [-0.25, -0.2) is 18.0 Å². The molecule has 1 aromatic carbocycles. The van der Waals surface area contributed by atoms with Gasteiger partial charge in [0.1, 0.15) is 35.1 Å². The van der Waals surface area contributed by atoms with E-state index in [2.05, 4.69) is 27.3 Å². The van der Waals surface area contributed by atoms with E-state index in [1.54, 1.807) is 65.8 Å². The second-order valence-corrected chi connectivity index (χ2v) is 16.7. The largest absolute Gasteiger partial charge is 0.497 e. The van der Waals surface area contributed by atoms with Crippen molar-refractivity contribution in [2.24, 2.45) is 11.3 Å². The summed E-state index contributed by atoms with van der Waals surface area (Å²) in [5.41, 5.74) is -2.89. The van der Waals surface area contributed by atoms with Crippen LogP contribution in [-0.2, 0) is 33.9 Å². The molecule has 0 bridgehead atoms. The van der Waals surface area contributed by atoms with Crippen LogP contribution in [0, 0.1) is 11.3 Å². The lowest BCUT2D eigenvalue weighted by molar-refractivity contribution is -0.143. The van der Waals surface area contributed by atoms with E-state index in [4.69, 9.17) is 14.2 Å². The van der Waals surface area contributed by atoms with Crippen molar-refractivity contribution in [1.29, 1.82) is 0 Å². The first-order chi connectivity index (χ1) is 22.7. The van der Waals surface area contributed by atoms with Crippen molar-refractivity contribution >= 4 is 45.6 Å². The topological polar surface area (TPSA) is 199 Å². The molecule has 4 N–H and O–H groups in total. The number of anilines is 1. The Labute approximate surface area is 286 Å². The normalized spacial score (nSPS) is 24.1. The molecule has 5 amide bonds. The summed E-state index contributed by atoms with van der Waals surface area (Å²) in [6.07, 6.45) is -0.356. The second kappa shape index (κ2) is 13.9. The molecule has 3 aliphatic rings. The number of likely N-dealkylation sites (tertiary alicyclic amines) is 1. The number of nitrogens with one attached hydrogen (secondary N) is 4. The van der Waals surface area contributed by atoms with Crippen LogP contribution in [0.3, 0.4) is 0 Å². The molecule has 1 saturated heterocycles. The highest BCUT2D eigenvalue weighted by molar-refractivity contribution is 7.91. The molecule has 270 valence electrons. The molecule has 3 fully saturated rings. The third kappa shape index (κ3) is 9.22. The molecule has 5 atom stereocenters. The fourth-order valence-corrected chi connectivity index (χ4v) is 6.97. The molecule has 1 aliphatic heterocycles. The molecule has 2 aliphatic carbocycles. The average molecular weight is 706 g/mol. The first-order valence-corrected chi connectivity index (χ1v) is 17.7. The van der Waals surface area contributed by atoms with Crippen LogP contribution in [0.1, 0.15) is 67.2 Å². The number of benzene rings is 1. The fourth-order valence-electron chi connectivity index (χ4n) is 5.61. The lowest BCUT2D eigenvalue weighted by Gasteiger charge is -2.36. The summed E-state index contributed by atoms with van der Waals surface area (Å²) in [7, 11) is -2.41. The van der Waals surface area contributed by atoms with Crippen molar-refractivity contribution < 1.29 is 46.6 Å². The average Bonchev–Trinajstić information content (AvgIpc) is 3.91. The van der Waals surface area contributed by atoms with Gasteiger partial charge in [0, 0.05) is 18.0 Å². The van der Waals surface area contributed by atoms with E-state index < -0.39 is 85.8 Å². The van der Waals surface area contributed by atoms with Gasteiger partial charge in [-0.2, -0.15) is 0 Å². The number of amides is 5. The summed E-state index contributed by atoms with van der Waals surface area (Å²) < 4.78 is 43.4. The molecule has 0 spiro atoms. The minimum atomic E-state index is -3.92. The van der Waals surface area contributed by atoms with Crippen LogP contribution in [0.4, 0.5) is 15.3 Å². The number of rotatable bonds is 11. The quantitative estimate of drug-likeness (QED) is 0.248. The second-order valence-electron chi connectivity index (χ2n) is 14.8. The van der Waals surface area contributed by atoms with Crippen molar-refractivity contribution in [3.8, 4) is 5.75 Å². The van der Waals surface area contributed by atoms with E-state index in [1.165, 1.54) is 18.1 Å². The van der Waals surface area contributed by atoms with Gasteiger partial charge < -0.3 is 29.7 Å². The number of hydrogen-bond acceptors (Lipinski definition) is 10. The molecule has 4 rings (SSSR count). The number of carbonyl (C=O) groups excluding carboxylic acids is 5. The van der Waals surface area contributed by atoms with Crippen molar-refractivity contribution in [2.75, 3.05) is 19.0 Å². The number of carbonyl (C=O) groups is 5. The van der Waals surface area contributed by atoms with Crippen LogP contribution >= 0.6 is 0 Å². The van der Waals surface area contributed by atoms with Gasteiger partial charge in [0.15, 0.2) is 0 Å². The third-order valence-electron chi connectivity index (χ3n) is 8.48. The van der Waals surface area contributed by atoms with Gasteiger partial charge >= 0.3 is 12.2 Å². The molecule has 2 saturated carbocycles. The van der Waals surface area contributed by atoms with Crippen LogP contribution in [0.15, 0.2) is 36.9 Å². The summed E-state index contributed by atoms with van der Waals surface area (Å²) in [6, 6.07) is 4.08. The van der Waals surface area contributed by atoms with Crippen LogP contribution in [-0.4, -0.2) is 91.5 Å². The van der Waals surface area contributed by atoms with Gasteiger partial charge in [0.2, 0.25) is 21.8 Å². The maximum atomic E-state index is 14.2. The third-order valence-corrected chi connectivity index (χ3v) is 10.3. The molecule has 49 heavy (non-hydrogen) atoms. The summed E-state index contributed by atoms with van der Waals surface area (Å²) in [4.78, 5) is 68.5.